The minimum absolute atomic E-state index is 0.0479. The molecule has 1 aliphatic rings. The zero-order valence-electron chi connectivity index (χ0n) is 12.2. The summed E-state index contributed by atoms with van der Waals surface area (Å²) in [6.07, 6.45) is 2.03. The number of nitrogens with one attached hydrogen (secondary N) is 1. The van der Waals surface area contributed by atoms with E-state index in [2.05, 4.69) is 17.2 Å². The molecule has 0 unspecified atom stereocenters. The Hall–Kier alpha value is -2.15. The summed E-state index contributed by atoms with van der Waals surface area (Å²) < 4.78 is 0. The number of amides is 1. The van der Waals surface area contributed by atoms with Gasteiger partial charge in [-0.2, -0.15) is 0 Å². The van der Waals surface area contributed by atoms with Gasteiger partial charge in [0.1, 0.15) is 5.69 Å². The lowest BCUT2D eigenvalue weighted by molar-refractivity contribution is -0.384. The highest BCUT2D eigenvalue weighted by molar-refractivity contribution is 5.95. The first-order chi connectivity index (χ1) is 10.0. The van der Waals surface area contributed by atoms with Crippen molar-refractivity contribution in [3.63, 3.8) is 0 Å². The van der Waals surface area contributed by atoms with E-state index in [4.69, 9.17) is 0 Å². The molecular weight excluding hydrogens is 274 g/mol. The number of carbonyl (C=O) groups is 1. The fourth-order valence-electron chi connectivity index (χ4n) is 2.48. The Morgan fingerprint density at radius 2 is 2.10 bits per heavy atom. The van der Waals surface area contributed by atoms with Crippen LogP contribution < -0.4 is 10.4 Å². The van der Waals surface area contributed by atoms with Crippen LogP contribution in [0.15, 0.2) is 18.2 Å². The summed E-state index contributed by atoms with van der Waals surface area (Å²) in [4.78, 5) is 29.1. The van der Waals surface area contributed by atoms with E-state index in [1.807, 2.05) is 4.90 Å². The van der Waals surface area contributed by atoms with E-state index in [0.717, 1.165) is 25.9 Å². The fraction of sp³-hybridized carbons (Fsp3) is 0.500. The van der Waals surface area contributed by atoms with Crippen molar-refractivity contribution in [3.8, 4) is 0 Å². The molecule has 0 radical (unpaired) electrons. The molecule has 114 valence electrons. The summed E-state index contributed by atoms with van der Waals surface area (Å²) in [6.45, 7) is 3.78. The van der Waals surface area contributed by atoms with E-state index >= 15 is 0 Å². The lowest BCUT2D eigenvalue weighted by atomic mass is 9.98. The maximum Gasteiger partial charge on any atom is 0.293 e. The summed E-state index contributed by atoms with van der Waals surface area (Å²) in [5.41, 5.74) is 2.89. The maximum absolute atomic E-state index is 11.7. The van der Waals surface area contributed by atoms with Crippen molar-refractivity contribution in [2.24, 2.45) is 5.92 Å². The van der Waals surface area contributed by atoms with Crippen molar-refractivity contribution < 1.29 is 14.6 Å². The highest BCUT2D eigenvalue weighted by Crippen LogP contribution is 2.32. The molecule has 7 heteroatoms. The van der Waals surface area contributed by atoms with E-state index in [0.29, 0.717) is 11.6 Å². The van der Waals surface area contributed by atoms with Gasteiger partial charge in [-0.05, 0) is 30.9 Å². The summed E-state index contributed by atoms with van der Waals surface area (Å²) >= 11 is 0. The fourth-order valence-corrected chi connectivity index (χ4v) is 2.48. The topological polar surface area (TPSA) is 84.7 Å². The molecule has 7 nitrogen and oxygen atoms in total. The number of hydrogen-bond acceptors (Lipinski definition) is 5. The molecule has 0 spiro atoms. The van der Waals surface area contributed by atoms with Crippen LogP contribution in [0.1, 0.15) is 30.1 Å². The quantitative estimate of drug-likeness (QED) is 0.679. The Morgan fingerprint density at radius 3 is 2.67 bits per heavy atom. The van der Waals surface area contributed by atoms with Crippen molar-refractivity contribution in [1.29, 1.82) is 0 Å². The molecule has 1 aromatic rings. The van der Waals surface area contributed by atoms with E-state index in [1.54, 1.807) is 12.1 Å². The molecule has 1 aliphatic heterocycles. The minimum atomic E-state index is -0.501. The molecule has 0 aliphatic carbocycles. The maximum atomic E-state index is 11.7. The SMILES string of the molecule is CONC(=O)c1ccc(N2CCC(C)CC2)c([N+](=O)[O-])c1. The van der Waals surface area contributed by atoms with Crippen LogP contribution in [0, 0.1) is 16.0 Å². The van der Waals surface area contributed by atoms with Crippen molar-refractivity contribution >= 4 is 17.3 Å². The van der Waals surface area contributed by atoms with Crippen molar-refractivity contribution in [2.45, 2.75) is 19.8 Å². The van der Waals surface area contributed by atoms with Gasteiger partial charge in [-0.1, -0.05) is 6.92 Å². The number of rotatable bonds is 4. The van der Waals surface area contributed by atoms with Crippen molar-refractivity contribution in [1.82, 2.24) is 5.48 Å². The second kappa shape index (κ2) is 6.53. The van der Waals surface area contributed by atoms with Crippen LogP contribution in [0.5, 0.6) is 0 Å². The molecule has 1 aromatic carbocycles. The van der Waals surface area contributed by atoms with Gasteiger partial charge in [-0.3, -0.25) is 19.7 Å². The third-order valence-corrected chi connectivity index (χ3v) is 3.75. The van der Waals surface area contributed by atoms with Gasteiger partial charge in [0.25, 0.3) is 11.6 Å². The Kier molecular flexibility index (Phi) is 4.74. The molecule has 0 saturated carbocycles. The largest absolute Gasteiger partial charge is 0.366 e. The number of hydrogen-bond donors (Lipinski definition) is 1. The molecule has 2 rings (SSSR count). The van der Waals surface area contributed by atoms with Gasteiger partial charge in [0.05, 0.1) is 12.0 Å². The molecule has 0 atom stereocenters. The Bertz CT molecular complexity index is 539. The number of nitro benzene ring substituents is 1. The van der Waals surface area contributed by atoms with Crippen LogP contribution in [-0.4, -0.2) is 31.0 Å². The molecule has 1 heterocycles. The minimum Gasteiger partial charge on any atom is -0.366 e. The van der Waals surface area contributed by atoms with E-state index in [-0.39, 0.29) is 11.3 Å². The highest BCUT2D eigenvalue weighted by Gasteiger charge is 2.24. The second-order valence-electron chi connectivity index (χ2n) is 5.27. The lowest BCUT2D eigenvalue weighted by Crippen LogP contribution is -2.33. The first kappa shape index (κ1) is 15.2. The first-order valence-corrected chi connectivity index (χ1v) is 6.89. The van der Waals surface area contributed by atoms with Gasteiger partial charge in [0, 0.05) is 24.7 Å². The van der Waals surface area contributed by atoms with E-state index in [9.17, 15) is 14.9 Å². The van der Waals surface area contributed by atoms with Gasteiger partial charge in [-0.15, -0.1) is 0 Å². The number of piperidine rings is 1. The normalized spacial score (nSPS) is 15.8. The van der Waals surface area contributed by atoms with Gasteiger partial charge in [-0.25, -0.2) is 5.48 Å². The molecule has 1 amide bonds. The van der Waals surface area contributed by atoms with Crippen molar-refractivity contribution in [2.75, 3.05) is 25.1 Å². The zero-order valence-corrected chi connectivity index (χ0v) is 12.2. The van der Waals surface area contributed by atoms with E-state index < -0.39 is 10.8 Å². The average Bonchev–Trinajstić information content (AvgIpc) is 2.47. The van der Waals surface area contributed by atoms with Crippen molar-refractivity contribution in [3.05, 3.63) is 33.9 Å². The molecule has 21 heavy (non-hydrogen) atoms. The average molecular weight is 293 g/mol. The Labute approximate surface area is 123 Å². The first-order valence-electron chi connectivity index (χ1n) is 6.89. The predicted molar refractivity (Wildman–Crippen MR) is 78.2 cm³/mol. The Morgan fingerprint density at radius 1 is 1.43 bits per heavy atom. The summed E-state index contributed by atoms with van der Waals surface area (Å²) in [7, 11) is 1.32. The Balaban J connectivity index is 2.29. The third-order valence-electron chi connectivity index (χ3n) is 3.75. The van der Waals surface area contributed by atoms with Gasteiger partial charge >= 0.3 is 0 Å². The van der Waals surface area contributed by atoms with Crippen LogP contribution in [0.4, 0.5) is 11.4 Å². The molecule has 1 fully saturated rings. The van der Waals surface area contributed by atoms with Crippen LogP contribution >= 0.6 is 0 Å². The van der Waals surface area contributed by atoms with Gasteiger partial charge in [0.2, 0.25) is 0 Å². The van der Waals surface area contributed by atoms with Gasteiger partial charge < -0.3 is 4.90 Å². The molecule has 0 bridgehead atoms. The number of anilines is 1. The van der Waals surface area contributed by atoms with Crippen LogP contribution in [0.2, 0.25) is 0 Å². The number of carbonyl (C=O) groups excluding carboxylic acids is 1. The number of nitrogens with zero attached hydrogens (tertiary/aromatic N) is 2. The molecule has 1 saturated heterocycles. The predicted octanol–water partition coefficient (Wildman–Crippen LogP) is 2.12. The zero-order chi connectivity index (χ0) is 15.4. The summed E-state index contributed by atoms with van der Waals surface area (Å²) in [6, 6.07) is 4.51. The number of nitro groups is 1. The molecule has 1 N–H and O–H groups in total. The molecular formula is C14H19N3O4. The number of hydroxylamine groups is 1. The van der Waals surface area contributed by atoms with E-state index in [1.165, 1.54) is 13.2 Å². The summed E-state index contributed by atoms with van der Waals surface area (Å²) in [5, 5.41) is 11.3. The monoisotopic (exact) mass is 293 g/mol. The standard InChI is InChI=1S/C14H19N3O4/c1-10-5-7-16(8-6-10)12-4-3-11(14(18)15-21-2)9-13(12)17(19)20/h3-4,9-10H,5-8H2,1-2H3,(H,15,18). The van der Waals surface area contributed by atoms with Crippen LogP contribution in [0.25, 0.3) is 0 Å². The highest BCUT2D eigenvalue weighted by atomic mass is 16.6. The third kappa shape index (κ3) is 3.49. The summed E-state index contributed by atoms with van der Waals surface area (Å²) in [5.74, 6) is 0.145. The second-order valence-corrected chi connectivity index (χ2v) is 5.27. The lowest BCUT2D eigenvalue weighted by Gasteiger charge is -2.31. The molecule has 0 aromatic heterocycles. The smallest absolute Gasteiger partial charge is 0.293 e. The van der Waals surface area contributed by atoms with Gasteiger partial charge in [0.15, 0.2) is 0 Å². The number of benzene rings is 1. The van der Waals surface area contributed by atoms with Crippen LogP contribution in [-0.2, 0) is 4.84 Å². The van der Waals surface area contributed by atoms with Crippen LogP contribution in [0.3, 0.4) is 0 Å².